The van der Waals surface area contributed by atoms with E-state index in [-0.39, 0.29) is 54.3 Å². The summed E-state index contributed by atoms with van der Waals surface area (Å²) in [6, 6.07) is 25.5. The second-order valence-corrected chi connectivity index (χ2v) is 16.7. The van der Waals surface area contributed by atoms with E-state index in [9.17, 15) is 23.1 Å². The number of aromatic nitrogens is 1. The summed E-state index contributed by atoms with van der Waals surface area (Å²) in [6.07, 6.45) is 2.18. The second-order valence-electron chi connectivity index (χ2n) is 16.7. The number of carbonyl (C=O) groups excluding carboxylic acids is 1. The van der Waals surface area contributed by atoms with E-state index in [1.54, 1.807) is 12.3 Å². The second kappa shape index (κ2) is 17.1. The molecule has 0 atom stereocenters. The molecule has 0 aliphatic carbocycles. The predicted molar refractivity (Wildman–Crippen MR) is 216 cm³/mol. The molecule has 5 rings (SSSR count). The standard InChI is InChI=1S/C32H29F3N.C15H28O2.Ir/c1-30(2,3)28-18-22(17-20-9-6-7-11-24(20)28)29-27-14-13-23-21(19-31(4,5)32(33,34)35)10-8-12-25(23)26(27)15-16-36-29;1-7-14(5,8-2)12(16)11-13(17)15(6,9-3)10-4;/h6-16,18H,19H2,1-5H3;11,16H,7-10H2,1-6H3;/q-1;;/b;12-11-;. The van der Waals surface area contributed by atoms with E-state index in [0.717, 1.165) is 63.9 Å². The topological polar surface area (TPSA) is 50.2 Å². The first kappa shape index (κ1) is 44.9. The Hall–Kier alpha value is -3.54. The third kappa shape index (κ3) is 9.28. The largest absolute Gasteiger partial charge is 0.512 e. The van der Waals surface area contributed by atoms with Gasteiger partial charge in [0.15, 0.2) is 5.78 Å². The first-order valence-electron chi connectivity index (χ1n) is 18.9. The summed E-state index contributed by atoms with van der Waals surface area (Å²) in [5, 5.41) is 16.1. The van der Waals surface area contributed by atoms with Crippen LogP contribution in [0.3, 0.4) is 0 Å². The Kier molecular flexibility index (Phi) is 14.2. The number of benzene rings is 4. The summed E-state index contributed by atoms with van der Waals surface area (Å²) < 4.78 is 40.9. The number of hydrogen-bond acceptors (Lipinski definition) is 3. The van der Waals surface area contributed by atoms with E-state index in [1.165, 1.54) is 30.9 Å². The molecular weight excluding hydrogens is 860 g/mol. The maximum absolute atomic E-state index is 13.6. The fourth-order valence-corrected chi connectivity index (χ4v) is 6.69. The van der Waals surface area contributed by atoms with Crippen molar-refractivity contribution in [2.45, 2.75) is 120 Å². The average Bonchev–Trinajstić information content (AvgIpc) is 3.12. The Morgan fingerprint density at radius 2 is 1.28 bits per heavy atom. The maximum Gasteiger partial charge on any atom is 0.394 e. The van der Waals surface area contributed by atoms with Crippen molar-refractivity contribution in [2.24, 2.45) is 16.2 Å². The zero-order valence-corrected chi connectivity index (χ0v) is 36.2. The summed E-state index contributed by atoms with van der Waals surface area (Å²) in [5.41, 5.74) is 1.17. The summed E-state index contributed by atoms with van der Waals surface area (Å²) in [7, 11) is 0. The van der Waals surface area contributed by atoms with Gasteiger partial charge in [0.25, 0.3) is 0 Å². The molecule has 0 aliphatic rings. The van der Waals surface area contributed by atoms with Crippen LogP contribution in [0.1, 0.15) is 113 Å². The first-order valence-corrected chi connectivity index (χ1v) is 18.9. The van der Waals surface area contributed by atoms with Crippen molar-refractivity contribution in [1.82, 2.24) is 4.98 Å². The molecule has 1 heterocycles. The van der Waals surface area contributed by atoms with Crippen molar-refractivity contribution in [2.75, 3.05) is 0 Å². The fraction of sp³-hybridized carbons (Fsp3) is 0.447. The number of alkyl halides is 3. The van der Waals surface area contributed by atoms with E-state index in [1.807, 2.05) is 84.0 Å². The number of hydrogen-bond donors (Lipinski definition) is 1. The van der Waals surface area contributed by atoms with Gasteiger partial charge in [-0.2, -0.15) is 13.2 Å². The van der Waals surface area contributed by atoms with Crippen molar-refractivity contribution < 1.29 is 43.2 Å². The third-order valence-corrected chi connectivity index (χ3v) is 11.7. The predicted octanol–water partition coefficient (Wildman–Crippen LogP) is 14.1. The third-order valence-electron chi connectivity index (χ3n) is 11.7. The van der Waals surface area contributed by atoms with Crippen molar-refractivity contribution in [1.29, 1.82) is 0 Å². The van der Waals surface area contributed by atoms with E-state index in [0.29, 0.717) is 5.56 Å². The van der Waals surface area contributed by atoms with E-state index in [2.05, 4.69) is 45.0 Å². The van der Waals surface area contributed by atoms with Crippen LogP contribution in [0.4, 0.5) is 13.2 Å². The van der Waals surface area contributed by atoms with Crippen LogP contribution in [0.5, 0.6) is 0 Å². The van der Waals surface area contributed by atoms with Gasteiger partial charge < -0.3 is 5.11 Å². The van der Waals surface area contributed by atoms with E-state index in [4.69, 9.17) is 4.98 Å². The Bertz CT molecular complexity index is 2120. The minimum atomic E-state index is -4.28. The van der Waals surface area contributed by atoms with Crippen LogP contribution in [0.2, 0.25) is 0 Å². The molecule has 1 radical (unpaired) electrons. The number of pyridine rings is 1. The number of halogens is 3. The molecule has 0 fully saturated rings. The van der Waals surface area contributed by atoms with Gasteiger partial charge in [-0.3, -0.25) is 9.78 Å². The number of aliphatic hydroxyl groups excluding tert-OH is 1. The van der Waals surface area contributed by atoms with Gasteiger partial charge in [-0.15, -0.1) is 29.1 Å². The number of carbonyl (C=O) groups is 1. The van der Waals surface area contributed by atoms with Gasteiger partial charge >= 0.3 is 6.18 Å². The van der Waals surface area contributed by atoms with Gasteiger partial charge in [-0.25, -0.2) is 0 Å². The van der Waals surface area contributed by atoms with Gasteiger partial charge in [0, 0.05) is 48.9 Å². The summed E-state index contributed by atoms with van der Waals surface area (Å²) in [6.45, 7) is 21.2. The van der Waals surface area contributed by atoms with Crippen LogP contribution in [0.25, 0.3) is 43.6 Å². The quantitative estimate of drug-likeness (QED) is 0.0657. The molecule has 0 spiro atoms. The van der Waals surface area contributed by atoms with Crippen LogP contribution in [-0.4, -0.2) is 22.1 Å². The van der Waals surface area contributed by atoms with Crippen LogP contribution in [0.15, 0.2) is 84.8 Å². The summed E-state index contributed by atoms with van der Waals surface area (Å²) >= 11 is 0. The molecule has 1 aromatic heterocycles. The molecule has 4 aromatic carbocycles. The molecule has 0 aliphatic heterocycles. The minimum Gasteiger partial charge on any atom is -0.512 e. The van der Waals surface area contributed by atoms with Gasteiger partial charge in [0.1, 0.15) is 5.76 Å². The monoisotopic (exact) mass is 917 g/mol. The molecular formula is C47H57F3IrNO2-. The molecule has 5 aromatic rings. The van der Waals surface area contributed by atoms with Gasteiger partial charge in [-0.1, -0.05) is 136 Å². The van der Waals surface area contributed by atoms with Crippen molar-refractivity contribution >= 4 is 38.1 Å². The molecule has 0 bridgehead atoms. The number of rotatable bonds is 10. The van der Waals surface area contributed by atoms with Gasteiger partial charge in [0.2, 0.25) is 0 Å². The molecule has 3 nitrogen and oxygen atoms in total. The fourth-order valence-electron chi connectivity index (χ4n) is 6.69. The first-order chi connectivity index (χ1) is 24.7. The summed E-state index contributed by atoms with van der Waals surface area (Å²) in [5.74, 6) is 0.286. The molecule has 0 saturated carbocycles. The van der Waals surface area contributed by atoms with Gasteiger partial charge in [-0.05, 0) is 70.7 Å². The zero-order valence-electron chi connectivity index (χ0n) is 33.8. The Morgan fingerprint density at radius 3 is 1.85 bits per heavy atom. The Morgan fingerprint density at radius 1 is 0.722 bits per heavy atom. The van der Waals surface area contributed by atoms with E-state index < -0.39 is 11.6 Å². The normalized spacial score (nSPS) is 13.1. The smallest absolute Gasteiger partial charge is 0.394 e. The number of nitrogens with zero attached hydrogens (tertiary/aromatic N) is 1. The Labute approximate surface area is 334 Å². The van der Waals surface area contributed by atoms with Crippen molar-refractivity contribution in [3.05, 3.63) is 102 Å². The average molecular weight is 917 g/mol. The molecule has 0 saturated heterocycles. The molecule has 7 heteroatoms. The van der Waals surface area contributed by atoms with Crippen LogP contribution >= 0.6 is 0 Å². The zero-order chi connectivity index (χ0) is 39.6. The SMILES string of the molecule is CC(C)(C)c1cc(-c2nccc3c2ccc2c(CC(C)(C)C(F)(F)F)cccc23)[c-]c2ccccc12.CCC(C)(CC)C(=O)/C=C(\O)C(C)(CC)CC.[Ir]. The van der Waals surface area contributed by atoms with E-state index >= 15 is 0 Å². The maximum atomic E-state index is 13.6. The molecule has 54 heavy (non-hydrogen) atoms. The van der Waals surface area contributed by atoms with Crippen molar-refractivity contribution in [3.63, 3.8) is 0 Å². The summed E-state index contributed by atoms with van der Waals surface area (Å²) in [4.78, 5) is 16.9. The number of aliphatic hydroxyl groups is 1. The Balaban J connectivity index is 0.000000372. The van der Waals surface area contributed by atoms with Gasteiger partial charge in [0.05, 0.1) is 5.41 Å². The van der Waals surface area contributed by atoms with Crippen LogP contribution < -0.4 is 0 Å². The number of ketones is 1. The van der Waals surface area contributed by atoms with Crippen molar-refractivity contribution in [3.8, 4) is 11.3 Å². The minimum absolute atomic E-state index is 0. The molecule has 0 unspecified atom stereocenters. The van der Waals surface area contributed by atoms with Crippen LogP contribution in [-0.2, 0) is 36.7 Å². The van der Waals surface area contributed by atoms with Crippen LogP contribution in [0, 0.1) is 22.3 Å². The molecule has 1 N–H and O–H groups in total. The number of fused-ring (bicyclic) bond motifs is 4. The molecule has 0 amide bonds. The number of allylic oxidation sites excluding steroid dienone is 2. The molecule has 293 valence electrons.